The van der Waals surface area contributed by atoms with Gasteiger partial charge in [0.15, 0.2) is 5.84 Å². The normalized spacial score (nSPS) is 12.6. The number of carbonyl (C=O) groups excluding carboxylic acids is 1. The van der Waals surface area contributed by atoms with E-state index < -0.39 is 24.3 Å². The quantitative estimate of drug-likeness (QED) is 0.336. The third kappa shape index (κ3) is 6.27. The number of nitrogens with two attached hydrogens (primary N) is 1. The Morgan fingerprint density at radius 1 is 1.11 bits per heavy atom. The molecule has 0 heterocycles. The van der Waals surface area contributed by atoms with Crippen molar-refractivity contribution >= 4 is 29.1 Å². The molecule has 0 saturated carbocycles. The summed E-state index contributed by atoms with van der Waals surface area (Å²) in [7, 11) is 0. The van der Waals surface area contributed by atoms with Crippen LogP contribution < -0.4 is 5.73 Å². The Bertz CT molecular complexity index is 897. The minimum Gasteiger partial charge on any atom is -0.383 e. The fourth-order valence-corrected chi connectivity index (χ4v) is 2.09. The van der Waals surface area contributed by atoms with Crippen LogP contribution in [-0.4, -0.2) is 24.1 Å². The number of hydrogen-bond acceptors (Lipinski definition) is 5. The number of benzene rings is 2. The lowest BCUT2D eigenvalue weighted by atomic mass is 10.1. The van der Waals surface area contributed by atoms with Crippen molar-refractivity contribution in [1.29, 1.82) is 0 Å². The molecule has 0 radical (unpaired) electrons. The van der Waals surface area contributed by atoms with Gasteiger partial charge in [-0.15, -0.1) is 0 Å². The van der Waals surface area contributed by atoms with Crippen molar-refractivity contribution in [2.24, 2.45) is 16.0 Å². The second-order valence-electron chi connectivity index (χ2n) is 5.48. The summed E-state index contributed by atoms with van der Waals surface area (Å²) in [5.74, 6) is -1.32. The number of nitrogens with zero attached hydrogens (tertiary/aromatic N) is 2. The first kappa shape index (κ1) is 21.2. The average Bonchev–Trinajstić information content (AvgIpc) is 2.66. The molecule has 0 amide bonds. The minimum absolute atomic E-state index is 0.0415. The van der Waals surface area contributed by atoms with Crippen LogP contribution in [0.25, 0.3) is 0 Å². The molecule has 0 atom stereocenters. The Labute approximate surface area is 163 Å². The molecule has 2 N–H and O–H groups in total. The van der Waals surface area contributed by atoms with Gasteiger partial charge in [0.25, 0.3) is 0 Å². The predicted molar refractivity (Wildman–Crippen MR) is 97.9 cm³/mol. The van der Waals surface area contributed by atoms with E-state index in [2.05, 4.69) is 15.1 Å². The lowest BCUT2D eigenvalue weighted by Crippen LogP contribution is -2.17. The van der Waals surface area contributed by atoms with Crippen LogP contribution in [0.5, 0.6) is 0 Å². The van der Waals surface area contributed by atoms with E-state index >= 15 is 0 Å². The number of alkyl halides is 3. The minimum atomic E-state index is -4.53. The Hall–Kier alpha value is -3.07. The maximum Gasteiger partial charge on any atom is 0.416 e. The molecular formula is C18H15ClF3N3O3. The summed E-state index contributed by atoms with van der Waals surface area (Å²) in [6.07, 6.45) is -4.53. The topological polar surface area (TPSA) is 86.3 Å². The van der Waals surface area contributed by atoms with Crippen LogP contribution in [-0.2, 0) is 20.6 Å². The van der Waals surface area contributed by atoms with Crippen molar-refractivity contribution in [3.8, 4) is 0 Å². The highest BCUT2D eigenvalue weighted by Gasteiger charge is 2.30. The van der Waals surface area contributed by atoms with E-state index in [1.54, 1.807) is 31.2 Å². The van der Waals surface area contributed by atoms with Crippen molar-refractivity contribution in [3.63, 3.8) is 0 Å². The molecule has 0 saturated heterocycles. The third-order valence-corrected chi connectivity index (χ3v) is 3.63. The van der Waals surface area contributed by atoms with Gasteiger partial charge in [0, 0.05) is 10.6 Å². The number of rotatable bonds is 6. The first-order valence-electron chi connectivity index (χ1n) is 7.80. The zero-order chi connectivity index (χ0) is 20.7. The van der Waals surface area contributed by atoms with Crippen LogP contribution >= 0.6 is 11.6 Å². The molecule has 0 bridgehead atoms. The van der Waals surface area contributed by atoms with Gasteiger partial charge in [-0.2, -0.15) is 13.2 Å². The van der Waals surface area contributed by atoms with Crippen molar-refractivity contribution < 1.29 is 27.6 Å². The van der Waals surface area contributed by atoms with Gasteiger partial charge in [-0.05, 0) is 36.8 Å². The lowest BCUT2D eigenvalue weighted by molar-refractivity contribution is -0.149. The summed E-state index contributed by atoms with van der Waals surface area (Å²) in [4.78, 5) is 21.0. The standard InChI is InChI=1S/C18H15ClF3N3O3/c1-11(12-5-7-15(19)8-6-12)24-27-10-16(26)28-25-17(23)13-3-2-4-14(9-13)18(20,21)22/h2-9H,10H2,1H3,(H2,23,25)/b24-11-. The van der Waals surface area contributed by atoms with Crippen LogP contribution in [0.1, 0.15) is 23.6 Å². The molecule has 0 spiro atoms. The van der Waals surface area contributed by atoms with E-state index in [1.807, 2.05) is 0 Å². The molecule has 6 nitrogen and oxygen atoms in total. The van der Waals surface area contributed by atoms with Gasteiger partial charge in [-0.25, -0.2) is 4.79 Å². The molecule has 0 aromatic heterocycles. The summed E-state index contributed by atoms with van der Waals surface area (Å²) < 4.78 is 38.1. The van der Waals surface area contributed by atoms with E-state index in [9.17, 15) is 18.0 Å². The molecule has 2 rings (SSSR count). The smallest absolute Gasteiger partial charge is 0.383 e. The maximum absolute atomic E-state index is 12.7. The Kier molecular flexibility index (Phi) is 7.00. The fraction of sp³-hybridized carbons (Fsp3) is 0.167. The molecule has 10 heteroatoms. The van der Waals surface area contributed by atoms with Crippen molar-refractivity contribution in [1.82, 2.24) is 0 Å². The second-order valence-corrected chi connectivity index (χ2v) is 5.91. The highest BCUT2D eigenvalue weighted by Crippen LogP contribution is 2.29. The maximum atomic E-state index is 12.7. The van der Waals surface area contributed by atoms with Crippen LogP contribution in [0.15, 0.2) is 58.8 Å². The van der Waals surface area contributed by atoms with Crippen molar-refractivity contribution in [2.45, 2.75) is 13.1 Å². The molecule has 0 aliphatic heterocycles. The van der Waals surface area contributed by atoms with Gasteiger partial charge >= 0.3 is 12.1 Å². The Balaban J connectivity index is 1.91. The zero-order valence-electron chi connectivity index (χ0n) is 14.5. The highest BCUT2D eigenvalue weighted by atomic mass is 35.5. The first-order chi connectivity index (χ1) is 13.2. The molecule has 2 aromatic rings. The zero-order valence-corrected chi connectivity index (χ0v) is 15.3. The van der Waals surface area contributed by atoms with Gasteiger partial charge in [-0.1, -0.05) is 46.2 Å². The van der Waals surface area contributed by atoms with E-state index in [0.717, 1.165) is 17.7 Å². The van der Waals surface area contributed by atoms with E-state index in [1.165, 1.54) is 12.1 Å². The number of halogens is 4. The van der Waals surface area contributed by atoms with Gasteiger partial charge in [0.2, 0.25) is 6.61 Å². The summed E-state index contributed by atoms with van der Waals surface area (Å²) in [6.45, 7) is 1.10. The average molecular weight is 414 g/mol. The summed E-state index contributed by atoms with van der Waals surface area (Å²) in [5.41, 5.74) is 5.84. The molecule has 28 heavy (non-hydrogen) atoms. The first-order valence-corrected chi connectivity index (χ1v) is 8.18. The van der Waals surface area contributed by atoms with Gasteiger partial charge < -0.3 is 15.4 Å². The van der Waals surface area contributed by atoms with Gasteiger partial charge in [0.05, 0.1) is 11.3 Å². The predicted octanol–water partition coefficient (Wildman–Crippen LogP) is 3.96. The van der Waals surface area contributed by atoms with E-state index in [4.69, 9.17) is 22.2 Å². The third-order valence-electron chi connectivity index (χ3n) is 3.38. The molecule has 0 fully saturated rings. The van der Waals surface area contributed by atoms with E-state index in [-0.39, 0.29) is 11.4 Å². The Morgan fingerprint density at radius 2 is 1.79 bits per heavy atom. The highest BCUT2D eigenvalue weighted by molar-refractivity contribution is 6.30. The molecular weight excluding hydrogens is 399 g/mol. The van der Waals surface area contributed by atoms with Crippen molar-refractivity contribution in [3.05, 3.63) is 70.2 Å². The number of amidine groups is 1. The molecule has 2 aromatic carbocycles. The largest absolute Gasteiger partial charge is 0.416 e. The fourth-order valence-electron chi connectivity index (χ4n) is 1.96. The summed E-state index contributed by atoms with van der Waals surface area (Å²) in [6, 6.07) is 11.0. The second kappa shape index (κ2) is 9.23. The SMILES string of the molecule is C/C(=N/OCC(=O)O/N=C(/N)c1cccc(C(F)(F)F)c1)c1ccc(Cl)cc1. The number of oxime groups is 2. The monoisotopic (exact) mass is 413 g/mol. The van der Waals surface area contributed by atoms with Gasteiger partial charge in [0.1, 0.15) is 0 Å². The molecule has 0 aliphatic carbocycles. The molecule has 0 unspecified atom stereocenters. The summed E-state index contributed by atoms with van der Waals surface area (Å²) >= 11 is 5.79. The molecule has 148 valence electrons. The van der Waals surface area contributed by atoms with E-state index in [0.29, 0.717) is 10.7 Å². The number of carbonyl (C=O) groups is 1. The molecule has 0 aliphatic rings. The van der Waals surface area contributed by atoms with Crippen LogP contribution in [0, 0.1) is 0 Å². The number of hydrogen-bond donors (Lipinski definition) is 1. The van der Waals surface area contributed by atoms with Crippen LogP contribution in [0.3, 0.4) is 0 Å². The summed E-state index contributed by atoms with van der Waals surface area (Å²) in [5, 5.41) is 7.64. The van der Waals surface area contributed by atoms with Crippen molar-refractivity contribution in [2.75, 3.05) is 6.61 Å². The van der Waals surface area contributed by atoms with Gasteiger partial charge in [-0.3, -0.25) is 0 Å². The Morgan fingerprint density at radius 3 is 2.43 bits per heavy atom. The lowest BCUT2D eigenvalue weighted by Gasteiger charge is -2.08. The van der Waals surface area contributed by atoms with Crippen LogP contribution in [0.4, 0.5) is 13.2 Å². The van der Waals surface area contributed by atoms with Crippen LogP contribution in [0.2, 0.25) is 5.02 Å².